The summed E-state index contributed by atoms with van der Waals surface area (Å²) >= 11 is 6.12. The van der Waals surface area contributed by atoms with Gasteiger partial charge < -0.3 is 15.2 Å². The first-order valence-corrected chi connectivity index (χ1v) is 7.41. The van der Waals surface area contributed by atoms with Crippen LogP contribution in [0.2, 0.25) is 5.02 Å². The van der Waals surface area contributed by atoms with E-state index in [0.29, 0.717) is 30.2 Å². The number of esters is 1. The lowest BCUT2D eigenvalue weighted by atomic mass is 9.81. The van der Waals surface area contributed by atoms with Crippen LogP contribution in [-0.4, -0.2) is 19.7 Å². The normalized spacial score (nSPS) is 12.9. The molecule has 118 valence electrons. The molecule has 0 fully saturated rings. The average Bonchev–Trinajstić information content (AvgIpc) is 2.37. The summed E-state index contributed by atoms with van der Waals surface area (Å²) in [4.78, 5) is 11.6. The van der Waals surface area contributed by atoms with Gasteiger partial charge in [0.15, 0.2) is 0 Å². The van der Waals surface area contributed by atoms with E-state index in [1.807, 2.05) is 26.0 Å². The van der Waals surface area contributed by atoms with E-state index in [0.717, 1.165) is 5.56 Å². The summed E-state index contributed by atoms with van der Waals surface area (Å²) in [7, 11) is 1.57. The number of nitrogens with two attached hydrogens (primary N) is 1. The van der Waals surface area contributed by atoms with Gasteiger partial charge in [0.25, 0.3) is 0 Å². The minimum Gasteiger partial charge on any atom is -0.495 e. The molecular weight excluding hydrogens is 290 g/mol. The van der Waals surface area contributed by atoms with Gasteiger partial charge in [-0.05, 0) is 36.5 Å². The van der Waals surface area contributed by atoms with E-state index in [-0.39, 0.29) is 17.4 Å². The molecule has 2 N–H and O–H groups in total. The first-order valence-electron chi connectivity index (χ1n) is 7.03. The van der Waals surface area contributed by atoms with E-state index >= 15 is 0 Å². The standard InChI is InChI=1S/C16H24ClNO3/c1-5-21-15(19)10-16(2,3)9-13(18)11-6-7-14(20-4)12(17)8-11/h6-8,13H,5,9-10,18H2,1-4H3. The summed E-state index contributed by atoms with van der Waals surface area (Å²) in [5.41, 5.74) is 6.93. The Hall–Kier alpha value is -1.26. The Bertz CT molecular complexity index is 488. The minimum absolute atomic E-state index is 0.192. The second-order valence-corrected chi connectivity index (χ2v) is 6.26. The molecule has 0 radical (unpaired) electrons. The van der Waals surface area contributed by atoms with Crippen LogP contribution in [0.5, 0.6) is 5.75 Å². The zero-order valence-corrected chi connectivity index (χ0v) is 13.9. The Morgan fingerprint density at radius 2 is 2.10 bits per heavy atom. The third-order valence-corrected chi connectivity index (χ3v) is 3.60. The maximum Gasteiger partial charge on any atom is 0.306 e. The fraction of sp³-hybridized carbons (Fsp3) is 0.562. The summed E-state index contributed by atoms with van der Waals surface area (Å²) in [5, 5.41) is 0.536. The van der Waals surface area contributed by atoms with Crippen LogP contribution in [0, 0.1) is 5.41 Å². The number of methoxy groups -OCH3 is 1. The highest BCUT2D eigenvalue weighted by Gasteiger charge is 2.26. The van der Waals surface area contributed by atoms with Crippen molar-refractivity contribution in [1.82, 2.24) is 0 Å². The van der Waals surface area contributed by atoms with Crippen molar-refractivity contribution in [3.63, 3.8) is 0 Å². The highest BCUT2D eigenvalue weighted by atomic mass is 35.5. The molecule has 5 heteroatoms. The fourth-order valence-electron chi connectivity index (χ4n) is 2.30. The smallest absolute Gasteiger partial charge is 0.306 e. The van der Waals surface area contributed by atoms with Crippen molar-refractivity contribution >= 4 is 17.6 Å². The van der Waals surface area contributed by atoms with Gasteiger partial charge in [-0.3, -0.25) is 4.79 Å². The van der Waals surface area contributed by atoms with Gasteiger partial charge in [-0.25, -0.2) is 0 Å². The fourth-order valence-corrected chi connectivity index (χ4v) is 2.57. The lowest BCUT2D eigenvalue weighted by Crippen LogP contribution is -2.25. The number of hydrogen-bond acceptors (Lipinski definition) is 4. The third kappa shape index (κ3) is 5.56. The van der Waals surface area contributed by atoms with E-state index in [9.17, 15) is 4.79 Å². The van der Waals surface area contributed by atoms with E-state index in [1.165, 1.54) is 0 Å². The molecule has 1 aromatic carbocycles. The van der Waals surface area contributed by atoms with Crippen LogP contribution in [0.4, 0.5) is 0 Å². The van der Waals surface area contributed by atoms with Crippen molar-refractivity contribution in [2.75, 3.05) is 13.7 Å². The first-order chi connectivity index (χ1) is 9.79. The summed E-state index contributed by atoms with van der Waals surface area (Å²) < 4.78 is 10.1. The quantitative estimate of drug-likeness (QED) is 0.779. The molecule has 0 aromatic heterocycles. The molecule has 0 aliphatic carbocycles. The van der Waals surface area contributed by atoms with Gasteiger partial charge in [0.05, 0.1) is 25.2 Å². The number of hydrogen-bond donors (Lipinski definition) is 1. The lowest BCUT2D eigenvalue weighted by Gasteiger charge is -2.27. The van der Waals surface area contributed by atoms with E-state index < -0.39 is 0 Å². The molecule has 0 aliphatic heterocycles. The molecule has 0 saturated carbocycles. The van der Waals surface area contributed by atoms with Gasteiger partial charge >= 0.3 is 5.97 Å². The van der Waals surface area contributed by atoms with Crippen LogP contribution >= 0.6 is 11.6 Å². The highest BCUT2D eigenvalue weighted by Crippen LogP contribution is 2.34. The molecule has 0 spiro atoms. The molecule has 0 heterocycles. The Balaban J connectivity index is 2.73. The molecule has 1 aromatic rings. The Kier molecular flexibility index (Phi) is 6.49. The van der Waals surface area contributed by atoms with Gasteiger partial charge in [0.2, 0.25) is 0 Å². The first kappa shape index (κ1) is 17.8. The largest absolute Gasteiger partial charge is 0.495 e. The van der Waals surface area contributed by atoms with Crippen LogP contribution in [0.25, 0.3) is 0 Å². The summed E-state index contributed by atoms with van der Waals surface area (Å²) in [5.74, 6) is 0.431. The molecular formula is C16H24ClNO3. The number of rotatable bonds is 7. The molecule has 0 bridgehead atoms. The van der Waals surface area contributed by atoms with Crippen molar-refractivity contribution < 1.29 is 14.3 Å². The molecule has 1 rings (SSSR count). The van der Waals surface area contributed by atoms with Crippen LogP contribution in [0.3, 0.4) is 0 Å². The van der Waals surface area contributed by atoms with Crippen molar-refractivity contribution in [2.45, 2.75) is 39.7 Å². The van der Waals surface area contributed by atoms with Crippen molar-refractivity contribution in [3.8, 4) is 5.75 Å². The van der Waals surface area contributed by atoms with E-state index in [2.05, 4.69) is 0 Å². The predicted molar refractivity (Wildman–Crippen MR) is 84.6 cm³/mol. The Labute approximate surface area is 131 Å². The van der Waals surface area contributed by atoms with Crippen molar-refractivity contribution in [1.29, 1.82) is 0 Å². The number of carbonyl (C=O) groups excluding carboxylic acids is 1. The monoisotopic (exact) mass is 313 g/mol. The number of benzene rings is 1. The SMILES string of the molecule is CCOC(=O)CC(C)(C)CC(N)c1ccc(OC)c(Cl)c1. The van der Waals surface area contributed by atoms with Crippen molar-refractivity contribution in [3.05, 3.63) is 28.8 Å². The Morgan fingerprint density at radius 3 is 2.62 bits per heavy atom. The second-order valence-electron chi connectivity index (χ2n) is 5.85. The predicted octanol–water partition coefficient (Wildman–Crippen LogP) is 3.72. The molecule has 0 aliphatic rings. The summed E-state index contributed by atoms with van der Waals surface area (Å²) in [6, 6.07) is 5.31. The lowest BCUT2D eigenvalue weighted by molar-refractivity contribution is -0.145. The molecule has 1 unspecified atom stereocenters. The number of ether oxygens (including phenoxy) is 2. The molecule has 4 nitrogen and oxygen atoms in total. The van der Waals surface area contributed by atoms with E-state index in [1.54, 1.807) is 20.1 Å². The van der Waals surface area contributed by atoms with Crippen LogP contribution in [0.1, 0.15) is 45.2 Å². The molecule has 0 amide bonds. The maximum absolute atomic E-state index is 11.6. The molecule has 1 atom stereocenters. The number of carbonyl (C=O) groups is 1. The van der Waals surface area contributed by atoms with Crippen LogP contribution < -0.4 is 10.5 Å². The van der Waals surface area contributed by atoms with Gasteiger partial charge in [-0.15, -0.1) is 0 Å². The average molecular weight is 314 g/mol. The van der Waals surface area contributed by atoms with Crippen molar-refractivity contribution in [2.24, 2.45) is 11.1 Å². The van der Waals surface area contributed by atoms with Gasteiger partial charge in [0.1, 0.15) is 5.75 Å². The van der Waals surface area contributed by atoms with E-state index in [4.69, 9.17) is 26.8 Å². The van der Waals surface area contributed by atoms with Gasteiger partial charge in [-0.1, -0.05) is 31.5 Å². The molecule has 0 saturated heterocycles. The van der Waals surface area contributed by atoms with Crippen LogP contribution in [-0.2, 0) is 9.53 Å². The maximum atomic E-state index is 11.6. The Morgan fingerprint density at radius 1 is 1.43 bits per heavy atom. The zero-order chi connectivity index (χ0) is 16.0. The topological polar surface area (TPSA) is 61.5 Å². The zero-order valence-electron chi connectivity index (χ0n) is 13.1. The number of halogens is 1. The molecule has 21 heavy (non-hydrogen) atoms. The van der Waals surface area contributed by atoms with Gasteiger partial charge in [-0.2, -0.15) is 0 Å². The summed E-state index contributed by atoms with van der Waals surface area (Å²) in [6.07, 6.45) is 1.01. The van der Waals surface area contributed by atoms with Gasteiger partial charge in [0, 0.05) is 6.04 Å². The van der Waals surface area contributed by atoms with Crippen LogP contribution in [0.15, 0.2) is 18.2 Å². The highest BCUT2D eigenvalue weighted by molar-refractivity contribution is 6.32. The third-order valence-electron chi connectivity index (χ3n) is 3.30. The second kappa shape index (κ2) is 7.66. The summed E-state index contributed by atoms with van der Waals surface area (Å²) in [6.45, 7) is 6.22. The minimum atomic E-state index is -0.238.